The predicted molar refractivity (Wildman–Crippen MR) is 93.7 cm³/mol. The van der Waals surface area contributed by atoms with Gasteiger partial charge >= 0.3 is 0 Å². The third-order valence-corrected chi connectivity index (χ3v) is 6.15. The molecular formula is C18H25N3OS. The van der Waals surface area contributed by atoms with Gasteiger partial charge in [0.15, 0.2) is 0 Å². The number of rotatable bonds is 3. The summed E-state index contributed by atoms with van der Waals surface area (Å²) in [5, 5.41) is 13.3. The standard InChI is InChI=1S/C18H25N3OS/c1-12-5-6-14-15(9-19)18(23-16(14)8-12)20-17(22)11-21-7-3-4-13(2)10-21/h12-13H,3-8,10-11H2,1-2H3,(H,20,22)/t12-,13+/m1/s1. The molecule has 5 heteroatoms. The molecule has 0 spiro atoms. The highest BCUT2D eigenvalue weighted by Gasteiger charge is 2.25. The number of carbonyl (C=O) groups excluding carboxylic acids is 1. The Morgan fingerprint density at radius 1 is 1.39 bits per heavy atom. The van der Waals surface area contributed by atoms with Gasteiger partial charge in [-0.15, -0.1) is 11.3 Å². The number of thiophene rings is 1. The van der Waals surface area contributed by atoms with Crippen LogP contribution < -0.4 is 5.32 Å². The average Bonchev–Trinajstić information content (AvgIpc) is 2.82. The number of carbonyl (C=O) groups is 1. The number of nitrogens with zero attached hydrogens (tertiary/aromatic N) is 2. The third-order valence-electron chi connectivity index (χ3n) is 4.98. The molecule has 3 rings (SSSR count). The van der Waals surface area contributed by atoms with Gasteiger partial charge in [-0.25, -0.2) is 0 Å². The first-order chi connectivity index (χ1) is 11.1. The van der Waals surface area contributed by atoms with Crippen LogP contribution in [0, 0.1) is 23.2 Å². The molecule has 0 saturated carbocycles. The Hall–Kier alpha value is -1.38. The topological polar surface area (TPSA) is 56.1 Å². The smallest absolute Gasteiger partial charge is 0.239 e. The highest BCUT2D eigenvalue weighted by molar-refractivity contribution is 7.16. The van der Waals surface area contributed by atoms with Gasteiger partial charge in [-0.05, 0) is 56.0 Å². The van der Waals surface area contributed by atoms with Gasteiger partial charge < -0.3 is 5.32 Å². The fraction of sp³-hybridized carbons (Fsp3) is 0.667. The summed E-state index contributed by atoms with van der Waals surface area (Å²) in [6.07, 6.45) is 5.57. The molecule has 2 aliphatic rings. The van der Waals surface area contributed by atoms with E-state index in [1.807, 2.05) is 0 Å². The third kappa shape index (κ3) is 3.76. The fourth-order valence-corrected chi connectivity index (χ4v) is 5.13. The van der Waals surface area contributed by atoms with Crippen molar-refractivity contribution in [2.45, 2.75) is 46.0 Å². The molecule has 1 saturated heterocycles. The quantitative estimate of drug-likeness (QED) is 0.923. The second-order valence-electron chi connectivity index (χ2n) is 7.20. The van der Waals surface area contributed by atoms with Gasteiger partial charge in [0.2, 0.25) is 5.91 Å². The van der Waals surface area contributed by atoms with Crippen molar-refractivity contribution in [1.29, 1.82) is 5.26 Å². The van der Waals surface area contributed by atoms with Crippen LogP contribution >= 0.6 is 11.3 Å². The zero-order chi connectivity index (χ0) is 16.4. The molecule has 1 fully saturated rings. The van der Waals surface area contributed by atoms with Crippen molar-refractivity contribution in [2.24, 2.45) is 11.8 Å². The highest BCUT2D eigenvalue weighted by atomic mass is 32.1. The molecule has 124 valence electrons. The maximum absolute atomic E-state index is 12.4. The van der Waals surface area contributed by atoms with Gasteiger partial charge in [-0.1, -0.05) is 13.8 Å². The molecule has 1 N–H and O–H groups in total. The number of nitriles is 1. The maximum Gasteiger partial charge on any atom is 0.239 e. The van der Waals surface area contributed by atoms with E-state index in [-0.39, 0.29) is 5.91 Å². The molecular weight excluding hydrogens is 306 g/mol. The fourth-order valence-electron chi connectivity index (χ4n) is 3.76. The van der Waals surface area contributed by atoms with E-state index in [9.17, 15) is 10.1 Å². The van der Waals surface area contributed by atoms with E-state index in [1.54, 1.807) is 11.3 Å². The number of anilines is 1. The van der Waals surface area contributed by atoms with Crippen molar-refractivity contribution in [3.05, 3.63) is 16.0 Å². The van der Waals surface area contributed by atoms with Crippen molar-refractivity contribution in [1.82, 2.24) is 4.90 Å². The zero-order valence-electron chi connectivity index (χ0n) is 14.0. The van der Waals surface area contributed by atoms with Crippen LogP contribution in [-0.2, 0) is 17.6 Å². The largest absolute Gasteiger partial charge is 0.315 e. The first-order valence-corrected chi connectivity index (χ1v) is 9.45. The minimum absolute atomic E-state index is 0.0160. The summed E-state index contributed by atoms with van der Waals surface area (Å²) in [5.74, 6) is 1.36. The van der Waals surface area contributed by atoms with Crippen LogP contribution in [0.2, 0.25) is 0 Å². The minimum Gasteiger partial charge on any atom is -0.315 e. The monoisotopic (exact) mass is 331 g/mol. The van der Waals surface area contributed by atoms with Crippen LogP contribution in [0.1, 0.15) is 49.1 Å². The minimum atomic E-state index is 0.0160. The number of nitrogens with one attached hydrogen (secondary N) is 1. The number of hydrogen-bond acceptors (Lipinski definition) is 4. The van der Waals surface area contributed by atoms with Crippen molar-refractivity contribution >= 4 is 22.2 Å². The Morgan fingerprint density at radius 3 is 2.96 bits per heavy atom. The average molecular weight is 331 g/mol. The molecule has 2 heterocycles. The first-order valence-electron chi connectivity index (χ1n) is 8.63. The van der Waals surface area contributed by atoms with E-state index in [4.69, 9.17) is 0 Å². The molecule has 2 atom stereocenters. The van der Waals surface area contributed by atoms with Gasteiger partial charge in [0, 0.05) is 11.4 Å². The molecule has 1 aromatic rings. The Kier molecular flexibility index (Phi) is 5.03. The summed E-state index contributed by atoms with van der Waals surface area (Å²) in [5.41, 5.74) is 1.88. The molecule has 0 bridgehead atoms. The Labute approximate surface area is 142 Å². The summed E-state index contributed by atoms with van der Waals surface area (Å²) >= 11 is 1.61. The summed E-state index contributed by atoms with van der Waals surface area (Å²) in [4.78, 5) is 15.9. The van der Waals surface area contributed by atoms with E-state index >= 15 is 0 Å². The van der Waals surface area contributed by atoms with Gasteiger partial charge in [0.05, 0.1) is 12.1 Å². The lowest BCUT2D eigenvalue weighted by molar-refractivity contribution is -0.117. The summed E-state index contributed by atoms with van der Waals surface area (Å²) < 4.78 is 0. The van der Waals surface area contributed by atoms with Crippen molar-refractivity contribution in [2.75, 3.05) is 25.0 Å². The lowest BCUT2D eigenvalue weighted by Gasteiger charge is -2.30. The van der Waals surface area contributed by atoms with Crippen molar-refractivity contribution in [3.63, 3.8) is 0 Å². The van der Waals surface area contributed by atoms with Gasteiger partial charge in [0.25, 0.3) is 0 Å². The summed E-state index contributed by atoms with van der Waals surface area (Å²) in [6.45, 7) is 6.93. The highest BCUT2D eigenvalue weighted by Crippen LogP contribution is 2.39. The lowest BCUT2D eigenvalue weighted by atomic mass is 9.89. The van der Waals surface area contributed by atoms with Crippen LogP contribution in [0.3, 0.4) is 0 Å². The molecule has 1 aliphatic carbocycles. The van der Waals surface area contributed by atoms with Crippen LogP contribution in [0.25, 0.3) is 0 Å². The van der Waals surface area contributed by atoms with E-state index in [2.05, 4.69) is 30.1 Å². The van der Waals surface area contributed by atoms with E-state index in [0.717, 1.165) is 37.4 Å². The van der Waals surface area contributed by atoms with Crippen molar-refractivity contribution < 1.29 is 4.79 Å². The zero-order valence-corrected chi connectivity index (χ0v) is 14.8. The number of hydrogen-bond donors (Lipinski definition) is 1. The van der Waals surface area contributed by atoms with Gasteiger partial charge in [0.1, 0.15) is 11.1 Å². The first kappa shape index (κ1) is 16.5. The van der Waals surface area contributed by atoms with E-state index in [0.29, 0.717) is 23.9 Å². The van der Waals surface area contributed by atoms with Crippen LogP contribution in [-0.4, -0.2) is 30.4 Å². The number of piperidine rings is 1. The molecule has 1 aromatic heterocycles. The lowest BCUT2D eigenvalue weighted by Crippen LogP contribution is -2.39. The number of amides is 1. The Bertz CT molecular complexity index is 631. The summed E-state index contributed by atoms with van der Waals surface area (Å²) in [6, 6.07) is 2.32. The second kappa shape index (κ2) is 7.02. The van der Waals surface area contributed by atoms with E-state index in [1.165, 1.54) is 23.3 Å². The Morgan fingerprint density at radius 2 is 2.22 bits per heavy atom. The molecule has 1 aliphatic heterocycles. The molecule has 0 radical (unpaired) electrons. The number of likely N-dealkylation sites (tertiary alicyclic amines) is 1. The Balaban J connectivity index is 1.68. The van der Waals surface area contributed by atoms with Crippen LogP contribution in [0.4, 0.5) is 5.00 Å². The normalized spacial score (nSPS) is 24.7. The maximum atomic E-state index is 12.4. The van der Waals surface area contributed by atoms with E-state index < -0.39 is 0 Å². The van der Waals surface area contributed by atoms with Crippen molar-refractivity contribution in [3.8, 4) is 6.07 Å². The SMILES string of the molecule is C[C@@H]1CCc2c(sc(NC(=O)CN3CCC[C@H](C)C3)c2C#N)C1. The molecule has 0 aromatic carbocycles. The molecule has 0 unspecified atom stereocenters. The predicted octanol–water partition coefficient (Wildman–Crippen LogP) is 3.41. The van der Waals surface area contributed by atoms with Crippen LogP contribution in [0.15, 0.2) is 0 Å². The second-order valence-corrected chi connectivity index (χ2v) is 8.30. The van der Waals surface area contributed by atoms with Gasteiger partial charge in [-0.2, -0.15) is 5.26 Å². The van der Waals surface area contributed by atoms with Gasteiger partial charge in [-0.3, -0.25) is 9.69 Å². The molecule has 1 amide bonds. The molecule has 23 heavy (non-hydrogen) atoms. The number of fused-ring (bicyclic) bond motifs is 1. The summed E-state index contributed by atoms with van der Waals surface area (Å²) in [7, 11) is 0. The molecule has 4 nitrogen and oxygen atoms in total. The van der Waals surface area contributed by atoms with Crippen LogP contribution in [0.5, 0.6) is 0 Å².